The molecule has 0 aliphatic carbocycles. The molecule has 3 atom stereocenters. The van der Waals surface area contributed by atoms with Gasteiger partial charge in [0.2, 0.25) is 0 Å². The van der Waals surface area contributed by atoms with Crippen LogP contribution in [-0.4, -0.2) is 24.7 Å². The lowest BCUT2D eigenvalue weighted by Crippen LogP contribution is -2.39. The molecule has 0 amide bonds. The van der Waals surface area contributed by atoms with Gasteiger partial charge in [0.1, 0.15) is 0 Å². The Balaban J connectivity index is 1.71. The first-order valence-electron chi connectivity index (χ1n) is 7.27. The van der Waals surface area contributed by atoms with E-state index in [9.17, 15) is 0 Å². The highest BCUT2D eigenvalue weighted by atomic mass is 15.0. The van der Waals surface area contributed by atoms with Crippen molar-refractivity contribution in [3.05, 3.63) is 35.9 Å². The van der Waals surface area contributed by atoms with Crippen LogP contribution in [0.5, 0.6) is 0 Å². The molecule has 0 radical (unpaired) electrons. The van der Waals surface area contributed by atoms with E-state index >= 15 is 0 Å². The van der Waals surface area contributed by atoms with E-state index in [1.165, 1.54) is 31.4 Å². The van der Waals surface area contributed by atoms with Gasteiger partial charge in [0.15, 0.2) is 0 Å². The molecule has 0 bridgehead atoms. The normalized spacial score (nSPS) is 22.9. The average molecular weight is 246 g/mol. The van der Waals surface area contributed by atoms with Crippen LogP contribution in [0.25, 0.3) is 0 Å². The molecular weight excluding hydrogens is 220 g/mol. The molecule has 18 heavy (non-hydrogen) atoms. The summed E-state index contributed by atoms with van der Waals surface area (Å²) in [5, 5.41) is 7.29. The summed E-state index contributed by atoms with van der Waals surface area (Å²) in [5.41, 5.74) is 1.42. The fraction of sp³-hybridized carbons (Fsp3) is 0.625. The summed E-state index contributed by atoms with van der Waals surface area (Å²) < 4.78 is 0. The van der Waals surface area contributed by atoms with Crippen molar-refractivity contribution in [1.29, 1.82) is 0 Å². The van der Waals surface area contributed by atoms with Crippen LogP contribution in [0.15, 0.2) is 30.3 Å². The van der Waals surface area contributed by atoms with Crippen LogP contribution >= 0.6 is 0 Å². The molecule has 1 fully saturated rings. The standard InChI is InChI=1S/C16H26N2/c1-13(11-15-7-4-3-5-8-15)18-14(2)12-16-9-6-10-17-16/h3-5,7-8,13-14,16-18H,6,9-12H2,1-2H3. The largest absolute Gasteiger partial charge is 0.314 e. The van der Waals surface area contributed by atoms with Gasteiger partial charge in [-0.25, -0.2) is 0 Å². The number of hydrogen-bond acceptors (Lipinski definition) is 2. The molecule has 0 aromatic heterocycles. The molecule has 3 unspecified atom stereocenters. The first-order valence-corrected chi connectivity index (χ1v) is 7.27. The molecule has 2 rings (SSSR count). The Morgan fingerprint density at radius 2 is 2.00 bits per heavy atom. The third kappa shape index (κ3) is 4.43. The van der Waals surface area contributed by atoms with Gasteiger partial charge in [0.25, 0.3) is 0 Å². The molecule has 1 aromatic carbocycles. The molecule has 1 heterocycles. The minimum atomic E-state index is 0.545. The lowest BCUT2D eigenvalue weighted by molar-refractivity contribution is 0.401. The summed E-state index contributed by atoms with van der Waals surface area (Å²) in [6.07, 6.45) is 5.05. The molecule has 1 aliphatic heterocycles. The minimum absolute atomic E-state index is 0.545. The molecular formula is C16H26N2. The zero-order chi connectivity index (χ0) is 12.8. The SMILES string of the molecule is CC(Cc1ccccc1)NC(C)CC1CCCN1. The van der Waals surface area contributed by atoms with Crippen LogP contribution in [0, 0.1) is 0 Å². The van der Waals surface area contributed by atoms with Crippen molar-refractivity contribution >= 4 is 0 Å². The highest BCUT2D eigenvalue weighted by Gasteiger charge is 2.17. The first-order chi connectivity index (χ1) is 8.74. The van der Waals surface area contributed by atoms with Crippen molar-refractivity contribution in [1.82, 2.24) is 10.6 Å². The molecule has 2 N–H and O–H groups in total. The minimum Gasteiger partial charge on any atom is -0.314 e. The zero-order valence-electron chi connectivity index (χ0n) is 11.7. The lowest BCUT2D eigenvalue weighted by atomic mass is 10.0. The zero-order valence-corrected chi connectivity index (χ0v) is 11.7. The van der Waals surface area contributed by atoms with Crippen LogP contribution < -0.4 is 10.6 Å². The summed E-state index contributed by atoms with van der Waals surface area (Å²) in [5.74, 6) is 0. The van der Waals surface area contributed by atoms with E-state index in [0.29, 0.717) is 12.1 Å². The average Bonchev–Trinajstić information content (AvgIpc) is 2.82. The Bertz CT molecular complexity index is 330. The Morgan fingerprint density at radius 3 is 2.67 bits per heavy atom. The van der Waals surface area contributed by atoms with E-state index in [1.807, 2.05) is 0 Å². The van der Waals surface area contributed by atoms with Crippen molar-refractivity contribution in [3.8, 4) is 0 Å². The van der Waals surface area contributed by atoms with Gasteiger partial charge in [-0.1, -0.05) is 30.3 Å². The molecule has 1 aliphatic rings. The third-order valence-electron chi connectivity index (χ3n) is 3.75. The van der Waals surface area contributed by atoms with E-state index in [4.69, 9.17) is 0 Å². The van der Waals surface area contributed by atoms with Crippen LogP contribution in [0.4, 0.5) is 0 Å². The lowest BCUT2D eigenvalue weighted by Gasteiger charge is -2.22. The van der Waals surface area contributed by atoms with Crippen LogP contribution in [0.3, 0.4) is 0 Å². The molecule has 0 spiro atoms. The van der Waals surface area contributed by atoms with Gasteiger partial charge in [-0.05, 0) is 51.6 Å². The van der Waals surface area contributed by atoms with Crippen LogP contribution in [-0.2, 0) is 6.42 Å². The number of nitrogens with one attached hydrogen (secondary N) is 2. The summed E-state index contributed by atoms with van der Waals surface area (Å²) >= 11 is 0. The summed E-state index contributed by atoms with van der Waals surface area (Å²) in [6.45, 7) is 5.80. The van der Waals surface area contributed by atoms with Gasteiger partial charge < -0.3 is 10.6 Å². The maximum Gasteiger partial charge on any atom is 0.00822 e. The smallest absolute Gasteiger partial charge is 0.00822 e. The van der Waals surface area contributed by atoms with E-state index in [-0.39, 0.29) is 0 Å². The molecule has 0 saturated carbocycles. The molecule has 2 heteroatoms. The second kappa shape index (κ2) is 6.91. The third-order valence-corrected chi connectivity index (χ3v) is 3.75. The maximum absolute atomic E-state index is 3.72. The van der Waals surface area contributed by atoms with Crippen molar-refractivity contribution < 1.29 is 0 Å². The quantitative estimate of drug-likeness (QED) is 0.806. The van der Waals surface area contributed by atoms with Gasteiger partial charge in [0.05, 0.1) is 0 Å². The Kier molecular flexibility index (Phi) is 5.21. The van der Waals surface area contributed by atoms with Gasteiger partial charge in [-0.3, -0.25) is 0 Å². The number of hydrogen-bond donors (Lipinski definition) is 2. The van der Waals surface area contributed by atoms with Gasteiger partial charge >= 0.3 is 0 Å². The topological polar surface area (TPSA) is 24.1 Å². The number of rotatable bonds is 6. The summed E-state index contributed by atoms with van der Waals surface area (Å²) in [6, 6.07) is 12.6. The molecule has 1 aromatic rings. The van der Waals surface area contributed by atoms with Crippen molar-refractivity contribution in [2.45, 2.75) is 57.7 Å². The maximum atomic E-state index is 3.72. The van der Waals surface area contributed by atoms with E-state index < -0.39 is 0 Å². The van der Waals surface area contributed by atoms with E-state index in [1.54, 1.807) is 0 Å². The Hall–Kier alpha value is -0.860. The van der Waals surface area contributed by atoms with Crippen molar-refractivity contribution in [2.75, 3.05) is 6.54 Å². The molecule has 2 nitrogen and oxygen atoms in total. The van der Waals surface area contributed by atoms with Crippen molar-refractivity contribution in [3.63, 3.8) is 0 Å². The number of benzene rings is 1. The summed E-state index contributed by atoms with van der Waals surface area (Å²) in [4.78, 5) is 0. The predicted octanol–water partition coefficient (Wildman–Crippen LogP) is 2.74. The second-order valence-corrected chi connectivity index (χ2v) is 5.69. The van der Waals surface area contributed by atoms with Crippen LogP contribution in [0.1, 0.15) is 38.7 Å². The fourth-order valence-corrected chi connectivity index (χ4v) is 2.96. The van der Waals surface area contributed by atoms with Gasteiger partial charge in [-0.2, -0.15) is 0 Å². The van der Waals surface area contributed by atoms with E-state index in [2.05, 4.69) is 54.8 Å². The second-order valence-electron chi connectivity index (χ2n) is 5.69. The molecule has 1 saturated heterocycles. The van der Waals surface area contributed by atoms with Crippen LogP contribution in [0.2, 0.25) is 0 Å². The first kappa shape index (κ1) is 13.6. The predicted molar refractivity (Wildman–Crippen MR) is 77.8 cm³/mol. The Labute approximate surface area is 111 Å². The highest BCUT2D eigenvalue weighted by Crippen LogP contribution is 2.11. The van der Waals surface area contributed by atoms with Gasteiger partial charge in [0, 0.05) is 18.1 Å². The molecule has 100 valence electrons. The fourth-order valence-electron chi connectivity index (χ4n) is 2.96. The van der Waals surface area contributed by atoms with E-state index in [0.717, 1.165) is 12.5 Å². The monoisotopic (exact) mass is 246 g/mol. The Morgan fingerprint density at radius 1 is 1.22 bits per heavy atom. The highest BCUT2D eigenvalue weighted by molar-refractivity contribution is 5.15. The summed E-state index contributed by atoms with van der Waals surface area (Å²) in [7, 11) is 0. The van der Waals surface area contributed by atoms with Gasteiger partial charge in [-0.15, -0.1) is 0 Å². The van der Waals surface area contributed by atoms with Crippen molar-refractivity contribution in [2.24, 2.45) is 0 Å².